The van der Waals surface area contributed by atoms with Crippen LogP contribution in [0, 0.1) is 0 Å². The van der Waals surface area contributed by atoms with E-state index in [0.29, 0.717) is 6.42 Å². The Bertz CT molecular complexity index is 141. The van der Waals surface area contributed by atoms with Crippen LogP contribution in [-0.2, 0) is 9.59 Å². The first kappa shape index (κ1) is 9.30. The van der Waals surface area contributed by atoms with Gasteiger partial charge in [-0.25, -0.2) is 0 Å². The van der Waals surface area contributed by atoms with Crippen LogP contribution in [0.2, 0.25) is 0 Å². The smallest absolute Gasteiger partial charge is 0.149 e. The summed E-state index contributed by atoms with van der Waals surface area (Å²) in [7, 11) is 0. The summed E-state index contributed by atoms with van der Waals surface area (Å²) in [4.78, 5) is 21.1. The molecule has 10 heavy (non-hydrogen) atoms. The normalized spacial score (nSPS) is 12.7. The Morgan fingerprint density at radius 2 is 1.90 bits per heavy atom. The molecule has 0 fully saturated rings. The third-order valence-corrected chi connectivity index (χ3v) is 1.23. The zero-order chi connectivity index (χ0) is 8.15. The van der Waals surface area contributed by atoms with Gasteiger partial charge in [0.25, 0.3) is 0 Å². The Balaban J connectivity index is 3.50. The topological polar surface area (TPSA) is 60.2 Å². The Labute approximate surface area is 60.6 Å². The lowest BCUT2D eigenvalue weighted by molar-refractivity contribution is -0.123. The Hall–Kier alpha value is -0.700. The monoisotopic (exact) mass is 143 g/mol. The van der Waals surface area contributed by atoms with Crippen molar-refractivity contribution in [2.45, 2.75) is 32.7 Å². The zero-order valence-corrected chi connectivity index (χ0v) is 6.39. The van der Waals surface area contributed by atoms with Crippen molar-refractivity contribution in [3.8, 4) is 0 Å². The van der Waals surface area contributed by atoms with Gasteiger partial charge in [0.05, 0.1) is 6.04 Å². The molecule has 0 aliphatic carbocycles. The second-order valence-electron chi connectivity index (χ2n) is 2.46. The highest BCUT2D eigenvalue weighted by molar-refractivity contribution is 5.87. The molecule has 0 aliphatic heterocycles. The molecule has 0 saturated heterocycles. The van der Waals surface area contributed by atoms with E-state index in [4.69, 9.17) is 5.73 Å². The number of hydrogen-bond donors (Lipinski definition) is 1. The number of hydrogen-bond acceptors (Lipinski definition) is 3. The van der Waals surface area contributed by atoms with Crippen LogP contribution in [0.25, 0.3) is 0 Å². The molecule has 0 rings (SSSR count). The van der Waals surface area contributed by atoms with E-state index in [9.17, 15) is 9.59 Å². The van der Waals surface area contributed by atoms with E-state index in [-0.39, 0.29) is 18.0 Å². The summed E-state index contributed by atoms with van der Waals surface area (Å²) >= 11 is 0. The minimum Gasteiger partial charge on any atom is -0.322 e. The maximum absolute atomic E-state index is 10.8. The molecule has 0 aromatic heterocycles. The first-order chi connectivity index (χ1) is 4.54. The second kappa shape index (κ2) is 4.17. The zero-order valence-electron chi connectivity index (χ0n) is 6.39. The molecule has 0 heterocycles. The van der Waals surface area contributed by atoms with E-state index in [1.54, 1.807) is 6.92 Å². The van der Waals surface area contributed by atoms with Crippen molar-refractivity contribution in [2.24, 2.45) is 5.73 Å². The lowest BCUT2D eigenvalue weighted by Crippen LogP contribution is -2.26. The third-order valence-electron chi connectivity index (χ3n) is 1.23. The molecule has 1 atom stereocenters. The van der Waals surface area contributed by atoms with Crippen LogP contribution < -0.4 is 5.73 Å². The highest BCUT2D eigenvalue weighted by Crippen LogP contribution is 1.94. The largest absolute Gasteiger partial charge is 0.322 e. The summed E-state index contributed by atoms with van der Waals surface area (Å²) in [6.45, 7) is 3.09. The molecule has 2 N–H and O–H groups in total. The summed E-state index contributed by atoms with van der Waals surface area (Å²) in [5.41, 5.74) is 5.26. The van der Waals surface area contributed by atoms with Crippen molar-refractivity contribution in [3.63, 3.8) is 0 Å². The molecule has 3 nitrogen and oxygen atoms in total. The number of rotatable bonds is 4. The van der Waals surface area contributed by atoms with Gasteiger partial charge in [-0.05, 0) is 13.8 Å². The number of carbonyl (C=O) groups is 2. The fourth-order valence-electron chi connectivity index (χ4n) is 0.527. The Morgan fingerprint density at radius 3 is 2.20 bits per heavy atom. The lowest BCUT2D eigenvalue weighted by Gasteiger charge is -2.00. The van der Waals surface area contributed by atoms with Crippen molar-refractivity contribution in [2.75, 3.05) is 0 Å². The third kappa shape index (κ3) is 4.21. The van der Waals surface area contributed by atoms with Crippen LogP contribution in [-0.4, -0.2) is 17.6 Å². The minimum atomic E-state index is -0.431. The molecule has 0 radical (unpaired) electrons. The van der Waals surface area contributed by atoms with E-state index in [0.717, 1.165) is 0 Å². The molecule has 0 bridgehead atoms. The average molecular weight is 143 g/mol. The molecule has 3 heteroatoms. The minimum absolute atomic E-state index is 0.0361. The lowest BCUT2D eigenvalue weighted by atomic mass is 10.1. The van der Waals surface area contributed by atoms with E-state index in [1.165, 1.54) is 6.92 Å². The highest BCUT2D eigenvalue weighted by Gasteiger charge is 2.07. The van der Waals surface area contributed by atoms with Crippen molar-refractivity contribution < 1.29 is 9.59 Å². The van der Waals surface area contributed by atoms with Gasteiger partial charge in [-0.1, -0.05) is 0 Å². The fourth-order valence-corrected chi connectivity index (χ4v) is 0.527. The molecule has 0 aliphatic rings. The van der Waals surface area contributed by atoms with Crippen LogP contribution >= 0.6 is 0 Å². The van der Waals surface area contributed by atoms with Gasteiger partial charge in [0, 0.05) is 12.8 Å². The van der Waals surface area contributed by atoms with Crippen molar-refractivity contribution in [1.29, 1.82) is 0 Å². The molecular weight excluding hydrogens is 130 g/mol. The molecule has 0 aromatic carbocycles. The van der Waals surface area contributed by atoms with Gasteiger partial charge in [0.1, 0.15) is 11.6 Å². The van der Waals surface area contributed by atoms with Crippen molar-refractivity contribution >= 4 is 11.6 Å². The molecule has 0 spiro atoms. The van der Waals surface area contributed by atoms with Crippen molar-refractivity contribution in [1.82, 2.24) is 0 Å². The average Bonchev–Trinajstić information content (AvgIpc) is 1.82. The second-order valence-corrected chi connectivity index (χ2v) is 2.46. The van der Waals surface area contributed by atoms with Crippen LogP contribution in [0.1, 0.15) is 26.7 Å². The number of nitrogens with two attached hydrogens (primary N) is 1. The van der Waals surface area contributed by atoms with Crippen LogP contribution in [0.15, 0.2) is 0 Å². The fraction of sp³-hybridized carbons (Fsp3) is 0.714. The maximum atomic E-state index is 10.8. The van der Waals surface area contributed by atoms with E-state index in [1.807, 2.05) is 0 Å². The van der Waals surface area contributed by atoms with Gasteiger partial charge in [0.15, 0.2) is 0 Å². The van der Waals surface area contributed by atoms with Gasteiger partial charge in [0.2, 0.25) is 0 Å². The number of ketones is 2. The molecule has 1 unspecified atom stereocenters. The van der Waals surface area contributed by atoms with E-state index >= 15 is 0 Å². The van der Waals surface area contributed by atoms with Gasteiger partial charge in [-0.15, -0.1) is 0 Å². The summed E-state index contributed by atoms with van der Waals surface area (Å²) in [5.74, 6) is -0.01000. The number of Topliss-reactive ketones (excluding diaryl/α,β-unsaturated/α-hetero) is 2. The SMILES string of the molecule is CC(=O)CCC(=O)C(C)N. The molecular formula is C7H13NO2. The number of carbonyl (C=O) groups excluding carboxylic acids is 2. The van der Waals surface area contributed by atoms with Gasteiger partial charge in [-0.2, -0.15) is 0 Å². The van der Waals surface area contributed by atoms with Gasteiger partial charge in [-0.3, -0.25) is 4.79 Å². The molecule has 0 amide bonds. The van der Waals surface area contributed by atoms with Crippen molar-refractivity contribution in [3.05, 3.63) is 0 Å². The van der Waals surface area contributed by atoms with Gasteiger partial charge >= 0.3 is 0 Å². The molecule has 58 valence electrons. The molecule has 0 aromatic rings. The van der Waals surface area contributed by atoms with Crippen LogP contribution in [0.3, 0.4) is 0 Å². The summed E-state index contributed by atoms with van der Waals surface area (Å²) < 4.78 is 0. The Kier molecular flexibility index (Phi) is 3.88. The summed E-state index contributed by atoms with van der Waals surface area (Å²) in [6.07, 6.45) is 0.605. The maximum Gasteiger partial charge on any atom is 0.149 e. The summed E-state index contributed by atoms with van der Waals surface area (Å²) in [5, 5.41) is 0. The summed E-state index contributed by atoms with van der Waals surface area (Å²) in [6, 6.07) is -0.431. The first-order valence-corrected chi connectivity index (χ1v) is 3.31. The predicted molar refractivity (Wildman–Crippen MR) is 38.6 cm³/mol. The van der Waals surface area contributed by atoms with Crippen LogP contribution in [0.4, 0.5) is 0 Å². The first-order valence-electron chi connectivity index (χ1n) is 3.31. The quantitative estimate of drug-likeness (QED) is 0.614. The van der Waals surface area contributed by atoms with Gasteiger partial charge < -0.3 is 10.5 Å². The van der Waals surface area contributed by atoms with E-state index in [2.05, 4.69) is 0 Å². The van der Waals surface area contributed by atoms with E-state index < -0.39 is 6.04 Å². The molecule has 0 saturated carbocycles. The predicted octanol–water partition coefficient (Wildman–Crippen LogP) is 0.272. The van der Waals surface area contributed by atoms with Crippen LogP contribution in [0.5, 0.6) is 0 Å². The Morgan fingerprint density at radius 1 is 1.40 bits per heavy atom. The highest BCUT2D eigenvalue weighted by atomic mass is 16.1. The standard InChI is InChI=1S/C7H13NO2/c1-5(9)3-4-7(10)6(2)8/h6H,3-4,8H2,1-2H3.